The highest BCUT2D eigenvalue weighted by molar-refractivity contribution is 6.08. The Labute approximate surface area is 185 Å². The smallest absolute Gasteiger partial charge is 0.327 e. The summed E-state index contributed by atoms with van der Waals surface area (Å²) in [6.45, 7) is 8.53. The van der Waals surface area contributed by atoms with E-state index in [9.17, 15) is 14.4 Å². The summed E-state index contributed by atoms with van der Waals surface area (Å²) in [5.41, 5.74) is -0.713. The second kappa shape index (κ2) is 9.06. The number of hydrogen-bond donors (Lipinski definition) is 0. The van der Waals surface area contributed by atoms with Gasteiger partial charge in [0.25, 0.3) is 5.91 Å². The van der Waals surface area contributed by atoms with Crippen LogP contribution in [0.15, 0.2) is 0 Å². The van der Waals surface area contributed by atoms with E-state index < -0.39 is 5.54 Å². The fourth-order valence-corrected chi connectivity index (χ4v) is 6.07. The van der Waals surface area contributed by atoms with E-state index in [2.05, 4.69) is 18.7 Å². The van der Waals surface area contributed by atoms with Crippen molar-refractivity contribution in [2.75, 3.05) is 46.3 Å². The first-order valence-electron chi connectivity index (χ1n) is 12.1. The van der Waals surface area contributed by atoms with E-state index >= 15 is 0 Å². The number of imide groups is 1. The van der Waals surface area contributed by atoms with E-state index in [1.54, 1.807) is 11.9 Å². The molecule has 2 atom stereocenters. The van der Waals surface area contributed by atoms with Crippen LogP contribution in [0.25, 0.3) is 0 Å². The summed E-state index contributed by atoms with van der Waals surface area (Å²) in [5.74, 6) is 0.307. The van der Waals surface area contributed by atoms with Crippen LogP contribution in [0.1, 0.15) is 58.8 Å². The lowest BCUT2D eigenvalue weighted by molar-refractivity contribution is -0.141. The van der Waals surface area contributed by atoms with Crippen LogP contribution in [-0.4, -0.2) is 102 Å². The molecule has 0 bridgehead atoms. The number of urea groups is 1. The third-order valence-electron chi connectivity index (χ3n) is 7.76. The standard InChI is InChI=1S/C23H38N4O4/c1-17-13-25(14-18(2)31-17)15-19-7-11-26(12-8-19)20(28)16-27-21(29)23(24(3)22(27)30)9-5-4-6-10-23/h17-19H,4-16H2,1-3H3. The average Bonchev–Trinajstić information content (AvgIpc) is 2.90. The molecule has 0 aromatic carbocycles. The predicted octanol–water partition coefficient (Wildman–Crippen LogP) is 1.93. The first-order valence-corrected chi connectivity index (χ1v) is 12.1. The Morgan fingerprint density at radius 3 is 2.26 bits per heavy atom. The molecule has 4 fully saturated rings. The summed E-state index contributed by atoms with van der Waals surface area (Å²) in [6, 6.07) is -0.314. The van der Waals surface area contributed by atoms with Gasteiger partial charge < -0.3 is 14.5 Å². The van der Waals surface area contributed by atoms with E-state index in [0.29, 0.717) is 31.8 Å². The number of piperidine rings is 1. The number of ether oxygens (including phenoxy) is 1. The molecule has 0 N–H and O–H groups in total. The van der Waals surface area contributed by atoms with Gasteiger partial charge in [-0.05, 0) is 45.4 Å². The van der Waals surface area contributed by atoms with Crippen molar-refractivity contribution in [2.24, 2.45) is 5.92 Å². The molecule has 4 aliphatic rings. The summed E-state index contributed by atoms with van der Waals surface area (Å²) in [7, 11) is 1.72. The third-order valence-corrected chi connectivity index (χ3v) is 7.76. The molecule has 3 heterocycles. The van der Waals surface area contributed by atoms with Gasteiger partial charge in [0.05, 0.1) is 12.2 Å². The van der Waals surface area contributed by atoms with E-state index in [4.69, 9.17) is 4.74 Å². The van der Waals surface area contributed by atoms with E-state index in [0.717, 1.165) is 51.7 Å². The number of hydrogen-bond acceptors (Lipinski definition) is 5. The molecule has 1 spiro atoms. The molecular weight excluding hydrogens is 396 g/mol. The van der Waals surface area contributed by atoms with Gasteiger partial charge in [0.15, 0.2) is 0 Å². The third kappa shape index (κ3) is 4.46. The fourth-order valence-electron chi connectivity index (χ4n) is 6.07. The number of rotatable bonds is 4. The molecule has 0 radical (unpaired) electrons. The second-order valence-corrected chi connectivity index (χ2v) is 10.1. The van der Waals surface area contributed by atoms with Gasteiger partial charge in [-0.3, -0.25) is 19.4 Å². The molecule has 3 saturated heterocycles. The molecule has 8 nitrogen and oxygen atoms in total. The lowest BCUT2D eigenvalue weighted by Gasteiger charge is -2.39. The number of amides is 4. The molecule has 2 unspecified atom stereocenters. The van der Waals surface area contributed by atoms with Crippen molar-refractivity contribution in [3.63, 3.8) is 0 Å². The largest absolute Gasteiger partial charge is 0.373 e. The fraction of sp³-hybridized carbons (Fsp3) is 0.870. The molecule has 4 amide bonds. The van der Waals surface area contributed by atoms with Crippen molar-refractivity contribution in [1.29, 1.82) is 0 Å². The zero-order valence-electron chi connectivity index (χ0n) is 19.3. The highest BCUT2D eigenvalue weighted by atomic mass is 16.5. The van der Waals surface area contributed by atoms with Crippen molar-refractivity contribution in [3.05, 3.63) is 0 Å². The maximum atomic E-state index is 13.1. The van der Waals surface area contributed by atoms with Gasteiger partial charge in [-0.2, -0.15) is 0 Å². The van der Waals surface area contributed by atoms with Crippen molar-refractivity contribution in [3.8, 4) is 0 Å². The molecule has 31 heavy (non-hydrogen) atoms. The van der Waals surface area contributed by atoms with E-state index in [1.807, 2.05) is 4.90 Å². The van der Waals surface area contributed by atoms with Crippen molar-refractivity contribution in [2.45, 2.75) is 76.5 Å². The van der Waals surface area contributed by atoms with Gasteiger partial charge in [0.2, 0.25) is 5.91 Å². The summed E-state index contributed by atoms with van der Waals surface area (Å²) < 4.78 is 5.83. The number of likely N-dealkylation sites (N-methyl/N-ethyl adjacent to an activating group) is 1. The molecule has 174 valence electrons. The van der Waals surface area contributed by atoms with Crippen molar-refractivity contribution < 1.29 is 19.1 Å². The Bertz CT molecular complexity index is 690. The average molecular weight is 435 g/mol. The molecule has 1 aliphatic carbocycles. The second-order valence-electron chi connectivity index (χ2n) is 10.1. The normalized spacial score (nSPS) is 30.5. The van der Waals surface area contributed by atoms with Crippen LogP contribution < -0.4 is 0 Å². The number of likely N-dealkylation sites (tertiary alicyclic amines) is 1. The van der Waals surface area contributed by atoms with Crippen molar-refractivity contribution >= 4 is 17.8 Å². The van der Waals surface area contributed by atoms with Gasteiger partial charge in [0.1, 0.15) is 12.1 Å². The number of carbonyl (C=O) groups is 3. The summed E-state index contributed by atoms with van der Waals surface area (Å²) in [6.07, 6.45) is 6.92. The van der Waals surface area contributed by atoms with Crippen LogP contribution in [0.4, 0.5) is 4.79 Å². The summed E-state index contributed by atoms with van der Waals surface area (Å²) in [5, 5.41) is 0. The zero-order chi connectivity index (χ0) is 22.2. The Balaban J connectivity index is 1.28. The number of morpholine rings is 1. The lowest BCUT2D eigenvalue weighted by atomic mass is 9.81. The quantitative estimate of drug-likeness (QED) is 0.632. The minimum absolute atomic E-state index is 0.102. The van der Waals surface area contributed by atoms with Gasteiger partial charge >= 0.3 is 6.03 Å². The van der Waals surface area contributed by atoms with E-state index in [1.165, 1.54) is 4.90 Å². The molecule has 0 aromatic heterocycles. The Kier molecular flexibility index (Phi) is 6.58. The van der Waals surface area contributed by atoms with Crippen LogP contribution in [0, 0.1) is 5.92 Å². The van der Waals surface area contributed by atoms with Gasteiger partial charge in [-0.25, -0.2) is 4.79 Å². The highest BCUT2D eigenvalue weighted by Crippen LogP contribution is 2.39. The monoisotopic (exact) mass is 434 g/mol. The van der Waals surface area contributed by atoms with Crippen LogP contribution >= 0.6 is 0 Å². The maximum Gasteiger partial charge on any atom is 0.327 e. The van der Waals surface area contributed by atoms with Crippen LogP contribution in [0.2, 0.25) is 0 Å². The molecular formula is C23H38N4O4. The lowest BCUT2D eigenvalue weighted by Crippen LogP contribution is -2.51. The molecule has 8 heteroatoms. The first-order chi connectivity index (χ1) is 14.8. The topological polar surface area (TPSA) is 73.4 Å². The Hall–Kier alpha value is -1.67. The first kappa shape index (κ1) is 22.5. The zero-order valence-corrected chi connectivity index (χ0v) is 19.3. The number of nitrogens with zero attached hydrogens (tertiary/aromatic N) is 4. The van der Waals surface area contributed by atoms with Crippen LogP contribution in [-0.2, 0) is 14.3 Å². The summed E-state index contributed by atoms with van der Waals surface area (Å²) >= 11 is 0. The van der Waals surface area contributed by atoms with Crippen molar-refractivity contribution in [1.82, 2.24) is 19.6 Å². The Morgan fingerprint density at radius 1 is 1.03 bits per heavy atom. The Morgan fingerprint density at radius 2 is 1.65 bits per heavy atom. The SMILES string of the molecule is CC1CN(CC2CCN(C(=O)CN3C(=O)N(C)C4(CCCCC4)C3=O)CC2)CC(C)O1. The number of carbonyl (C=O) groups excluding carboxylic acids is 3. The minimum atomic E-state index is -0.713. The maximum absolute atomic E-state index is 13.1. The van der Waals surface area contributed by atoms with E-state index in [-0.39, 0.29) is 36.6 Å². The van der Waals surface area contributed by atoms with Gasteiger partial charge in [-0.1, -0.05) is 19.3 Å². The van der Waals surface area contributed by atoms with Gasteiger partial charge in [-0.15, -0.1) is 0 Å². The molecule has 0 aromatic rings. The van der Waals surface area contributed by atoms with Crippen LogP contribution in [0.5, 0.6) is 0 Å². The minimum Gasteiger partial charge on any atom is -0.373 e. The summed E-state index contributed by atoms with van der Waals surface area (Å²) in [4.78, 5) is 46.0. The molecule has 4 rings (SSSR count). The highest BCUT2D eigenvalue weighted by Gasteiger charge is 2.56. The van der Waals surface area contributed by atoms with Gasteiger partial charge in [0, 0.05) is 39.8 Å². The molecule has 1 saturated carbocycles. The van der Waals surface area contributed by atoms with Crippen LogP contribution in [0.3, 0.4) is 0 Å². The molecule has 3 aliphatic heterocycles. The predicted molar refractivity (Wildman–Crippen MR) is 116 cm³/mol.